The van der Waals surface area contributed by atoms with Crippen molar-refractivity contribution >= 4 is 5.91 Å². The van der Waals surface area contributed by atoms with Crippen molar-refractivity contribution < 1.29 is 10.1 Å². The van der Waals surface area contributed by atoms with Crippen LogP contribution in [0.3, 0.4) is 0 Å². The van der Waals surface area contributed by atoms with Crippen molar-refractivity contribution in [3.8, 4) is 0 Å². The Morgan fingerprint density at radius 2 is 2.33 bits per heavy atom. The molecule has 0 saturated carbocycles. The van der Waals surface area contributed by atoms with Crippen LogP contribution in [0.4, 0.5) is 0 Å². The first-order valence-electron chi connectivity index (χ1n) is 6.08. The van der Waals surface area contributed by atoms with Gasteiger partial charge in [-0.15, -0.1) is 0 Å². The highest BCUT2D eigenvalue weighted by molar-refractivity contribution is 5.74. The van der Waals surface area contributed by atoms with Crippen LogP contribution in [-0.2, 0) is 4.79 Å². The van der Waals surface area contributed by atoms with E-state index >= 15 is 0 Å². The van der Waals surface area contributed by atoms with Crippen LogP contribution in [0.5, 0.6) is 0 Å². The molecule has 2 rings (SSSR count). The second kappa shape index (κ2) is 4.79. The second-order valence-electron chi connectivity index (χ2n) is 4.65. The van der Waals surface area contributed by atoms with Gasteiger partial charge in [0.15, 0.2) is 0 Å². The summed E-state index contributed by atoms with van der Waals surface area (Å²) < 4.78 is 0. The standard InChI is InChI=1S/C12H20N2O/c1-10(15)14-8-4-5-11(9-14)12-6-2-3-7-13-12/h9,12-13H,2-8H2,1H3/p+1/t12-/m1/s1. The molecule has 0 spiro atoms. The highest BCUT2D eigenvalue weighted by Gasteiger charge is 2.24. The quantitative estimate of drug-likeness (QED) is 0.675. The van der Waals surface area contributed by atoms with E-state index in [4.69, 9.17) is 0 Å². The summed E-state index contributed by atoms with van der Waals surface area (Å²) in [6, 6.07) is 0.654. The van der Waals surface area contributed by atoms with E-state index in [0.29, 0.717) is 6.04 Å². The van der Waals surface area contributed by atoms with Crippen molar-refractivity contribution in [3.05, 3.63) is 11.8 Å². The van der Waals surface area contributed by atoms with Crippen LogP contribution in [0.2, 0.25) is 0 Å². The zero-order valence-electron chi connectivity index (χ0n) is 9.54. The molecule has 1 saturated heterocycles. The summed E-state index contributed by atoms with van der Waals surface area (Å²) in [5.74, 6) is 0.183. The van der Waals surface area contributed by atoms with Gasteiger partial charge in [0, 0.05) is 31.7 Å². The minimum absolute atomic E-state index is 0.183. The molecule has 0 aromatic rings. The average Bonchev–Trinajstić information content (AvgIpc) is 2.30. The molecule has 2 N–H and O–H groups in total. The normalized spacial score (nSPS) is 27.4. The lowest BCUT2D eigenvalue weighted by atomic mass is 9.93. The molecule has 3 heteroatoms. The molecule has 15 heavy (non-hydrogen) atoms. The fraction of sp³-hybridized carbons (Fsp3) is 0.750. The molecule has 1 fully saturated rings. The molecule has 0 radical (unpaired) electrons. The topological polar surface area (TPSA) is 36.9 Å². The molecule has 2 heterocycles. The molecule has 1 amide bonds. The second-order valence-corrected chi connectivity index (χ2v) is 4.65. The van der Waals surface area contributed by atoms with Crippen LogP contribution >= 0.6 is 0 Å². The first-order chi connectivity index (χ1) is 7.27. The molecule has 0 aromatic carbocycles. The van der Waals surface area contributed by atoms with Gasteiger partial charge in [0.25, 0.3) is 0 Å². The SMILES string of the molecule is CC(=O)N1C=C([C@H]2CCCC[NH2+]2)CCC1. The molecular weight excluding hydrogens is 188 g/mol. The van der Waals surface area contributed by atoms with E-state index in [1.165, 1.54) is 37.8 Å². The molecule has 0 aromatic heterocycles. The summed E-state index contributed by atoms with van der Waals surface area (Å²) in [6.45, 7) is 3.82. The number of nitrogens with two attached hydrogens (primary N) is 1. The van der Waals surface area contributed by atoms with Gasteiger partial charge < -0.3 is 10.2 Å². The summed E-state index contributed by atoms with van der Waals surface area (Å²) in [4.78, 5) is 13.2. The monoisotopic (exact) mass is 209 g/mol. The molecule has 0 unspecified atom stereocenters. The smallest absolute Gasteiger partial charge is 0.223 e. The van der Waals surface area contributed by atoms with Crippen LogP contribution in [0.1, 0.15) is 39.0 Å². The van der Waals surface area contributed by atoms with Gasteiger partial charge in [-0.25, -0.2) is 0 Å². The lowest BCUT2D eigenvalue weighted by molar-refractivity contribution is -0.689. The van der Waals surface area contributed by atoms with Crippen molar-refractivity contribution in [1.29, 1.82) is 0 Å². The van der Waals surface area contributed by atoms with Gasteiger partial charge in [-0.1, -0.05) is 0 Å². The number of hydrogen-bond acceptors (Lipinski definition) is 1. The molecule has 0 bridgehead atoms. The van der Waals surface area contributed by atoms with Crippen molar-refractivity contribution in [2.24, 2.45) is 0 Å². The summed E-state index contributed by atoms with van der Waals surface area (Å²) in [6.07, 6.45) is 8.41. The first kappa shape index (κ1) is 10.7. The van der Waals surface area contributed by atoms with Gasteiger partial charge in [0.1, 0.15) is 6.04 Å². The molecule has 84 valence electrons. The fourth-order valence-corrected chi connectivity index (χ4v) is 2.59. The molecule has 2 aliphatic heterocycles. The summed E-state index contributed by atoms with van der Waals surface area (Å²) in [7, 11) is 0. The maximum absolute atomic E-state index is 11.3. The van der Waals surface area contributed by atoms with E-state index in [2.05, 4.69) is 11.5 Å². The molecule has 1 atom stereocenters. The number of amides is 1. The lowest BCUT2D eigenvalue weighted by Crippen LogP contribution is -2.91. The van der Waals surface area contributed by atoms with E-state index in [1.54, 1.807) is 6.92 Å². The largest absolute Gasteiger partial charge is 0.340 e. The van der Waals surface area contributed by atoms with E-state index < -0.39 is 0 Å². The van der Waals surface area contributed by atoms with Gasteiger partial charge in [-0.2, -0.15) is 0 Å². The van der Waals surface area contributed by atoms with E-state index in [-0.39, 0.29) is 5.91 Å². The lowest BCUT2D eigenvalue weighted by Gasteiger charge is -2.29. The Kier molecular flexibility index (Phi) is 3.41. The Balaban J connectivity index is 2.03. The molecule has 0 aliphatic carbocycles. The number of nitrogens with zero attached hydrogens (tertiary/aromatic N) is 1. The Hall–Kier alpha value is -0.830. The van der Waals surface area contributed by atoms with Crippen LogP contribution in [0.25, 0.3) is 0 Å². The third-order valence-corrected chi connectivity index (χ3v) is 3.49. The Morgan fingerprint density at radius 1 is 1.47 bits per heavy atom. The number of carbonyl (C=O) groups excluding carboxylic acids is 1. The van der Waals surface area contributed by atoms with E-state index in [9.17, 15) is 4.79 Å². The van der Waals surface area contributed by atoms with E-state index in [0.717, 1.165) is 13.0 Å². The van der Waals surface area contributed by atoms with Crippen molar-refractivity contribution in [3.63, 3.8) is 0 Å². The van der Waals surface area contributed by atoms with E-state index in [1.807, 2.05) is 4.90 Å². The van der Waals surface area contributed by atoms with Crippen molar-refractivity contribution in [1.82, 2.24) is 4.90 Å². The molecule has 3 nitrogen and oxygen atoms in total. The Labute approximate surface area is 91.5 Å². The predicted molar refractivity (Wildman–Crippen MR) is 59.1 cm³/mol. The zero-order valence-corrected chi connectivity index (χ0v) is 9.54. The van der Waals surface area contributed by atoms with Crippen LogP contribution in [-0.4, -0.2) is 29.9 Å². The third-order valence-electron chi connectivity index (χ3n) is 3.49. The fourth-order valence-electron chi connectivity index (χ4n) is 2.59. The van der Waals surface area contributed by atoms with Crippen molar-refractivity contribution in [2.75, 3.05) is 13.1 Å². The van der Waals surface area contributed by atoms with Gasteiger partial charge in [-0.3, -0.25) is 4.79 Å². The maximum atomic E-state index is 11.3. The highest BCUT2D eigenvalue weighted by atomic mass is 16.2. The Bertz CT molecular complexity index is 267. The third kappa shape index (κ3) is 2.59. The van der Waals surface area contributed by atoms with Crippen LogP contribution in [0, 0.1) is 0 Å². The number of hydrogen-bond donors (Lipinski definition) is 1. The first-order valence-corrected chi connectivity index (χ1v) is 6.08. The van der Waals surface area contributed by atoms with Gasteiger partial charge in [0.2, 0.25) is 5.91 Å². The maximum Gasteiger partial charge on any atom is 0.223 e. The Morgan fingerprint density at radius 3 is 3.00 bits per heavy atom. The minimum Gasteiger partial charge on any atom is -0.340 e. The number of quaternary nitrogens is 1. The molecular formula is C12H21N2O+. The number of carbonyl (C=O) groups is 1. The van der Waals surface area contributed by atoms with Crippen molar-refractivity contribution in [2.45, 2.75) is 45.1 Å². The molecule has 2 aliphatic rings. The summed E-state index contributed by atoms with van der Waals surface area (Å²) in [5, 5.41) is 2.44. The van der Waals surface area contributed by atoms with Gasteiger partial charge in [-0.05, 0) is 25.7 Å². The average molecular weight is 209 g/mol. The minimum atomic E-state index is 0.183. The number of piperidine rings is 1. The van der Waals surface area contributed by atoms with Gasteiger partial charge in [0.05, 0.1) is 6.54 Å². The number of rotatable bonds is 1. The highest BCUT2D eigenvalue weighted by Crippen LogP contribution is 2.20. The zero-order chi connectivity index (χ0) is 10.7. The van der Waals surface area contributed by atoms with Crippen LogP contribution in [0.15, 0.2) is 11.8 Å². The van der Waals surface area contributed by atoms with Crippen LogP contribution < -0.4 is 5.32 Å². The van der Waals surface area contributed by atoms with Gasteiger partial charge >= 0.3 is 0 Å². The summed E-state index contributed by atoms with van der Waals surface area (Å²) >= 11 is 0. The summed E-state index contributed by atoms with van der Waals surface area (Å²) in [5.41, 5.74) is 1.48. The predicted octanol–water partition coefficient (Wildman–Crippen LogP) is 0.628.